The van der Waals surface area contributed by atoms with Crippen LogP contribution in [-0.2, 0) is 11.3 Å². The molecule has 1 aromatic heterocycles. The van der Waals surface area contributed by atoms with Crippen molar-refractivity contribution >= 4 is 12.0 Å². The number of hydrogen-bond donors (Lipinski definition) is 3. The summed E-state index contributed by atoms with van der Waals surface area (Å²) in [6, 6.07) is 5.06. The zero-order valence-electron chi connectivity index (χ0n) is 11.8. The highest BCUT2D eigenvalue weighted by Gasteiger charge is 2.19. The number of carboxylic acids is 1. The van der Waals surface area contributed by atoms with E-state index < -0.39 is 11.9 Å². The van der Waals surface area contributed by atoms with Gasteiger partial charge in [-0.25, -0.2) is 4.79 Å². The van der Waals surface area contributed by atoms with E-state index in [2.05, 4.69) is 15.6 Å². The summed E-state index contributed by atoms with van der Waals surface area (Å²) in [7, 11) is 0. The van der Waals surface area contributed by atoms with Gasteiger partial charge in [0.15, 0.2) is 0 Å². The fraction of sp³-hybridized carbons (Fsp3) is 0.500. The molecule has 0 saturated heterocycles. The molecule has 6 heteroatoms. The molecule has 1 unspecified atom stereocenters. The van der Waals surface area contributed by atoms with Crippen LogP contribution in [0.5, 0.6) is 0 Å². The van der Waals surface area contributed by atoms with Crippen LogP contribution >= 0.6 is 0 Å². The molecular formula is C14H21N3O3. The van der Waals surface area contributed by atoms with E-state index in [0.29, 0.717) is 13.0 Å². The molecule has 3 N–H and O–H groups in total. The smallest absolute Gasteiger partial charge is 0.315 e. The third kappa shape index (κ3) is 6.17. The van der Waals surface area contributed by atoms with Crippen molar-refractivity contribution in [2.45, 2.75) is 26.8 Å². The van der Waals surface area contributed by atoms with Crippen LogP contribution in [0.3, 0.4) is 0 Å². The zero-order chi connectivity index (χ0) is 15.0. The van der Waals surface area contributed by atoms with Gasteiger partial charge in [-0.2, -0.15) is 0 Å². The zero-order valence-corrected chi connectivity index (χ0v) is 11.8. The number of amides is 2. The lowest BCUT2D eigenvalue weighted by Gasteiger charge is -2.15. The number of carboxylic acid groups (broad SMARTS) is 1. The molecule has 2 amide bonds. The highest BCUT2D eigenvalue weighted by Crippen LogP contribution is 2.10. The van der Waals surface area contributed by atoms with Gasteiger partial charge in [-0.05, 0) is 24.5 Å². The normalized spacial score (nSPS) is 11.9. The Labute approximate surface area is 118 Å². The van der Waals surface area contributed by atoms with Crippen molar-refractivity contribution in [2.75, 3.05) is 6.54 Å². The third-order valence-electron chi connectivity index (χ3n) is 2.77. The quantitative estimate of drug-likeness (QED) is 0.707. The van der Waals surface area contributed by atoms with E-state index in [4.69, 9.17) is 5.11 Å². The Morgan fingerprint density at radius 3 is 2.60 bits per heavy atom. The van der Waals surface area contributed by atoms with Gasteiger partial charge in [-0.3, -0.25) is 9.78 Å². The molecule has 1 rings (SSSR count). The van der Waals surface area contributed by atoms with Crippen molar-refractivity contribution < 1.29 is 14.7 Å². The van der Waals surface area contributed by atoms with Gasteiger partial charge in [0.1, 0.15) is 0 Å². The van der Waals surface area contributed by atoms with E-state index in [0.717, 1.165) is 5.69 Å². The average molecular weight is 279 g/mol. The molecule has 6 nitrogen and oxygen atoms in total. The van der Waals surface area contributed by atoms with Gasteiger partial charge < -0.3 is 15.7 Å². The predicted molar refractivity (Wildman–Crippen MR) is 75.1 cm³/mol. The van der Waals surface area contributed by atoms with E-state index in [1.807, 2.05) is 19.9 Å². The second-order valence-electron chi connectivity index (χ2n) is 5.05. The van der Waals surface area contributed by atoms with Gasteiger partial charge in [0.25, 0.3) is 0 Å². The minimum atomic E-state index is -0.885. The second-order valence-corrected chi connectivity index (χ2v) is 5.05. The SMILES string of the molecule is CC(C)CC(CNC(=O)NCc1ccccn1)C(=O)O. The van der Waals surface area contributed by atoms with Crippen LogP contribution in [0.4, 0.5) is 4.79 Å². The molecule has 1 atom stereocenters. The Balaban J connectivity index is 2.32. The van der Waals surface area contributed by atoms with Crippen molar-refractivity contribution in [3.8, 4) is 0 Å². The first-order chi connectivity index (χ1) is 9.49. The lowest BCUT2D eigenvalue weighted by molar-refractivity contribution is -0.142. The Bertz CT molecular complexity index is 435. The van der Waals surface area contributed by atoms with Crippen molar-refractivity contribution in [2.24, 2.45) is 11.8 Å². The lowest BCUT2D eigenvalue weighted by atomic mass is 9.97. The number of aliphatic carboxylic acids is 1. The van der Waals surface area contributed by atoms with Crippen molar-refractivity contribution in [1.29, 1.82) is 0 Å². The summed E-state index contributed by atoms with van der Waals surface area (Å²) in [5, 5.41) is 14.3. The number of aromatic nitrogens is 1. The fourth-order valence-electron chi connectivity index (χ4n) is 1.79. The Morgan fingerprint density at radius 1 is 1.30 bits per heavy atom. The molecule has 1 aromatic rings. The Hall–Kier alpha value is -2.11. The monoisotopic (exact) mass is 279 g/mol. The number of rotatable bonds is 7. The van der Waals surface area contributed by atoms with Crippen LogP contribution in [0, 0.1) is 11.8 Å². The molecule has 0 aliphatic heterocycles. The number of nitrogens with zero attached hydrogens (tertiary/aromatic N) is 1. The van der Waals surface area contributed by atoms with Crippen LogP contribution in [0.2, 0.25) is 0 Å². The minimum absolute atomic E-state index is 0.127. The molecule has 1 heterocycles. The Kier molecular flexibility index (Phi) is 6.49. The maximum Gasteiger partial charge on any atom is 0.315 e. The van der Waals surface area contributed by atoms with E-state index in [1.165, 1.54) is 0 Å². The van der Waals surface area contributed by atoms with Crippen molar-refractivity contribution in [3.63, 3.8) is 0 Å². The number of urea groups is 1. The van der Waals surface area contributed by atoms with Crippen LogP contribution in [0.25, 0.3) is 0 Å². The summed E-state index contributed by atoms with van der Waals surface area (Å²) >= 11 is 0. The number of carbonyl (C=O) groups excluding carboxylic acids is 1. The third-order valence-corrected chi connectivity index (χ3v) is 2.77. The van der Waals surface area contributed by atoms with E-state index in [1.54, 1.807) is 18.3 Å². The second kappa shape index (κ2) is 8.14. The van der Waals surface area contributed by atoms with Gasteiger partial charge >= 0.3 is 12.0 Å². The molecule has 0 aliphatic carbocycles. The largest absolute Gasteiger partial charge is 0.481 e. The van der Waals surface area contributed by atoms with Gasteiger partial charge in [0, 0.05) is 12.7 Å². The van der Waals surface area contributed by atoms with Crippen molar-refractivity contribution in [1.82, 2.24) is 15.6 Å². The minimum Gasteiger partial charge on any atom is -0.481 e. The molecule has 0 saturated carbocycles. The maximum absolute atomic E-state index is 11.6. The lowest BCUT2D eigenvalue weighted by Crippen LogP contribution is -2.40. The van der Waals surface area contributed by atoms with Crippen LogP contribution in [0.1, 0.15) is 26.0 Å². The number of hydrogen-bond acceptors (Lipinski definition) is 3. The molecule has 0 bridgehead atoms. The van der Waals surface area contributed by atoms with E-state index >= 15 is 0 Å². The molecule has 0 aliphatic rings. The van der Waals surface area contributed by atoms with Crippen LogP contribution in [-0.4, -0.2) is 28.6 Å². The predicted octanol–water partition coefficient (Wildman–Crippen LogP) is 1.63. The van der Waals surface area contributed by atoms with Gasteiger partial charge in [-0.1, -0.05) is 19.9 Å². The summed E-state index contributed by atoms with van der Waals surface area (Å²) in [4.78, 5) is 26.7. The van der Waals surface area contributed by atoms with Gasteiger partial charge in [0.05, 0.1) is 18.2 Å². The molecule has 110 valence electrons. The first-order valence-corrected chi connectivity index (χ1v) is 6.63. The molecule has 0 radical (unpaired) electrons. The van der Waals surface area contributed by atoms with Crippen LogP contribution in [0.15, 0.2) is 24.4 Å². The summed E-state index contributed by atoms with van der Waals surface area (Å²) in [6.07, 6.45) is 2.19. The summed E-state index contributed by atoms with van der Waals surface area (Å²) < 4.78 is 0. The first-order valence-electron chi connectivity index (χ1n) is 6.63. The van der Waals surface area contributed by atoms with Crippen LogP contribution < -0.4 is 10.6 Å². The topological polar surface area (TPSA) is 91.3 Å². The number of pyridine rings is 1. The molecule has 20 heavy (non-hydrogen) atoms. The standard InChI is InChI=1S/C14H21N3O3/c1-10(2)7-11(13(18)19)8-16-14(20)17-9-12-5-3-4-6-15-12/h3-6,10-11H,7-9H2,1-2H3,(H,18,19)(H2,16,17,20). The number of carbonyl (C=O) groups is 2. The van der Waals surface area contributed by atoms with E-state index in [-0.39, 0.29) is 18.5 Å². The fourth-order valence-corrected chi connectivity index (χ4v) is 1.79. The highest BCUT2D eigenvalue weighted by molar-refractivity contribution is 5.75. The van der Waals surface area contributed by atoms with Gasteiger partial charge in [0.2, 0.25) is 0 Å². The molecule has 0 spiro atoms. The Morgan fingerprint density at radius 2 is 2.05 bits per heavy atom. The van der Waals surface area contributed by atoms with E-state index in [9.17, 15) is 9.59 Å². The summed E-state index contributed by atoms with van der Waals surface area (Å²) in [6.45, 7) is 4.35. The highest BCUT2D eigenvalue weighted by atomic mass is 16.4. The summed E-state index contributed by atoms with van der Waals surface area (Å²) in [5.41, 5.74) is 0.750. The average Bonchev–Trinajstić information content (AvgIpc) is 2.41. The number of nitrogens with one attached hydrogen (secondary N) is 2. The van der Waals surface area contributed by atoms with Crippen molar-refractivity contribution in [3.05, 3.63) is 30.1 Å². The summed E-state index contributed by atoms with van der Waals surface area (Å²) in [5.74, 6) is -1.17. The first kappa shape index (κ1) is 15.9. The molecule has 0 fully saturated rings. The molecule has 0 aromatic carbocycles. The van der Waals surface area contributed by atoms with Gasteiger partial charge in [-0.15, -0.1) is 0 Å². The maximum atomic E-state index is 11.6. The molecular weight excluding hydrogens is 258 g/mol.